The molecule has 0 radical (unpaired) electrons. The van der Waals surface area contributed by atoms with Gasteiger partial charge in [-0.2, -0.15) is 0 Å². The van der Waals surface area contributed by atoms with E-state index in [9.17, 15) is 14.4 Å². The first-order valence-electron chi connectivity index (χ1n) is 10.7. The van der Waals surface area contributed by atoms with Crippen LogP contribution >= 0.6 is 11.6 Å². The highest BCUT2D eigenvalue weighted by molar-refractivity contribution is 6.31. The highest BCUT2D eigenvalue weighted by atomic mass is 35.5. The molecule has 6 nitrogen and oxygen atoms in total. The first kappa shape index (κ1) is 22.6. The lowest BCUT2D eigenvalue weighted by atomic mass is 10.1. The number of amides is 2. The van der Waals surface area contributed by atoms with Crippen LogP contribution in [-0.4, -0.2) is 34.4 Å². The molecule has 168 valence electrons. The fourth-order valence-corrected chi connectivity index (χ4v) is 4.12. The molecule has 7 heteroatoms. The van der Waals surface area contributed by atoms with Crippen molar-refractivity contribution in [3.8, 4) is 0 Å². The minimum Gasteiger partial charge on any atom is -0.332 e. The number of fused-ring (bicyclic) bond motifs is 2. The van der Waals surface area contributed by atoms with Gasteiger partial charge in [0.25, 0.3) is 0 Å². The largest absolute Gasteiger partial charge is 0.332 e. The molecule has 1 heterocycles. The number of carbonyl (C=O) groups is 2. The van der Waals surface area contributed by atoms with Crippen LogP contribution in [0.1, 0.15) is 12.5 Å². The zero-order valence-corrected chi connectivity index (χ0v) is 19.2. The van der Waals surface area contributed by atoms with Crippen molar-refractivity contribution in [3.63, 3.8) is 0 Å². The maximum absolute atomic E-state index is 13.3. The highest BCUT2D eigenvalue weighted by Gasteiger charge is 2.19. The Morgan fingerprint density at radius 3 is 2.18 bits per heavy atom. The Morgan fingerprint density at radius 1 is 0.970 bits per heavy atom. The highest BCUT2D eigenvalue weighted by Crippen LogP contribution is 2.21. The van der Waals surface area contributed by atoms with Gasteiger partial charge in [-0.1, -0.05) is 41.9 Å². The second kappa shape index (κ2) is 9.46. The fraction of sp³-hybridized carbons (Fsp3) is 0.192. The lowest BCUT2D eigenvalue weighted by Crippen LogP contribution is -2.40. The first-order chi connectivity index (χ1) is 15.9. The first-order valence-corrected chi connectivity index (χ1v) is 11.1. The molecule has 0 atom stereocenters. The van der Waals surface area contributed by atoms with Crippen molar-refractivity contribution in [1.82, 2.24) is 9.47 Å². The van der Waals surface area contributed by atoms with Crippen molar-refractivity contribution < 1.29 is 9.59 Å². The van der Waals surface area contributed by atoms with Crippen molar-refractivity contribution in [2.75, 3.05) is 18.4 Å². The van der Waals surface area contributed by atoms with Crippen molar-refractivity contribution in [2.45, 2.75) is 20.4 Å². The third-order valence-electron chi connectivity index (χ3n) is 5.71. The standard InChI is InChI=1S/C26H24ClN3O3/c1-3-29(15-24(31)28-21-14-18(27)13-12-17(21)2)25(32)16-30-22-10-6-4-8-19(22)26(33)20-9-5-7-11-23(20)30/h4-14H,3,15-16H2,1-2H3,(H,28,31). The minimum absolute atomic E-state index is 0.0125. The molecule has 2 amide bonds. The Bertz CT molecular complexity index is 1370. The molecule has 0 spiro atoms. The average Bonchev–Trinajstić information content (AvgIpc) is 2.82. The van der Waals surface area contributed by atoms with Gasteiger partial charge in [0.1, 0.15) is 6.54 Å². The summed E-state index contributed by atoms with van der Waals surface area (Å²) in [5.74, 6) is -0.514. The van der Waals surface area contributed by atoms with Gasteiger partial charge >= 0.3 is 0 Å². The number of nitrogens with zero attached hydrogens (tertiary/aromatic N) is 2. The van der Waals surface area contributed by atoms with E-state index >= 15 is 0 Å². The fourth-order valence-electron chi connectivity index (χ4n) is 3.95. The number of halogens is 1. The molecule has 4 aromatic rings. The molecule has 4 rings (SSSR count). The number of anilines is 1. The van der Waals surface area contributed by atoms with Crippen LogP contribution in [-0.2, 0) is 16.1 Å². The third-order valence-corrected chi connectivity index (χ3v) is 5.95. The summed E-state index contributed by atoms with van der Waals surface area (Å²) in [4.78, 5) is 40.3. The van der Waals surface area contributed by atoms with Crippen LogP contribution in [0.15, 0.2) is 71.5 Å². The van der Waals surface area contributed by atoms with Crippen LogP contribution in [0, 0.1) is 6.92 Å². The molecule has 0 saturated heterocycles. The van der Waals surface area contributed by atoms with Gasteiger partial charge in [-0.3, -0.25) is 14.4 Å². The second-order valence-corrected chi connectivity index (χ2v) is 8.30. The molecule has 3 aromatic carbocycles. The molecular formula is C26H24ClN3O3. The average molecular weight is 462 g/mol. The summed E-state index contributed by atoms with van der Waals surface area (Å²) in [6.45, 7) is 4.01. The maximum Gasteiger partial charge on any atom is 0.244 e. The van der Waals surface area contributed by atoms with Gasteiger partial charge in [0.2, 0.25) is 11.8 Å². The van der Waals surface area contributed by atoms with E-state index in [0.29, 0.717) is 39.1 Å². The van der Waals surface area contributed by atoms with Crippen molar-refractivity contribution in [1.29, 1.82) is 0 Å². The number of benzene rings is 3. The van der Waals surface area contributed by atoms with Crippen molar-refractivity contribution >= 4 is 50.9 Å². The van der Waals surface area contributed by atoms with E-state index in [-0.39, 0.29) is 30.3 Å². The predicted molar refractivity (Wildman–Crippen MR) is 133 cm³/mol. The molecule has 1 N–H and O–H groups in total. The molecule has 0 aliphatic rings. The SMILES string of the molecule is CCN(CC(=O)Nc1cc(Cl)ccc1C)C(=O)Cn1c2ccccc2c(=O)c2ccccc21. The smallest absolute Gasteiger partial charge is 0.244 e. The van der Waals surface area contributed by atoms with Gasteiger partial charge < -0.3 is 14.8 Å². The monoisotopic (exact) mass is 461 g/mol. The summed E-state index contributed by atoms with van der Waals surface area (Å²) in [5, 5.41) is 4.47. The van der Waals surface area contributed by atoms with E-state index in [0.717, 1.165) is 5.56 Å². The molecule has 0 aliphatic heterocycles. The predicted octanol–water partition coefficient (Wildman–Crippen LogP) is 4.60. The zero-order chi connectivity index (χ0) is 23.5. The van der Waals surface area contributed by atoms with E-state index < -0.39 is 0 Å². The lowest BCUT2D eigenvalue weighted by molar-refractivity contribution is -0.134. The topological polar surface area (TPSA) is 71.4 Å². The van der Waals surface area contributed by atoms with Crippen LogP contribution in [0.5, 0.6) is 0 Å². The number of pyridine rings is 1. The van der Waals surface area contributed by atoms with E-state index in [4.69, 9.17) is 11.6 Å². The van der Waals surface area contributed by atoms with Crippen LogP contribution < -0.4 is 10.7 Å². The van der Waals surface area contributed by atoms with E-state index in [1.165, 1.54) is 4.90 Å². The third kappa shape index (κ3) is 4.61. The van der Waals surface area contributed by atoms with Gasteiger partial charge in [0.15, 0.2) is 5.43 Å². The molecule has 1 aromatic heterocycles. The number of para-hydroxylation sites is 2. The summed E-state index contributed by atoms with van der Waals surface area (Å²) in [5.41, 5.74) is 2.81. The summed E-state index contributed by atoms with van der Waals surface area (Å²) < 4.78 is 1.84. The number of hydrogen-bond donors (Lipinski definition) is 1. The number of aryl methyl sites for hydroxylation is 1. The van der Waals surface area contributed by atoms with E-state index in [1.54, 1.807) is 24.3 Å². The van der Waals surface area contributed by atoms with Crippen LogP contribution in [0.2, 0.25) is 5.02 Å². The van der Waals surface area contributed by atoms with E-state index in [1.807, 2.05) is 60.9 Å². The number of likely N-dealkylation sites (N-methyl/N-ethyl adjacent to an activating group) is 1. The van der Waals surface area contributed by atoms with Gasteiger partial charge in [-0.05, 0) is 55.8 Å². The second-order valence-electron chi connectivity index (χ2n) is 7.86. The van der Waals surface area contributed by atoms with Gasteiger partial charge in [0, 0.05) is 28.0 Å². The summed E-state index contributed by atoms with van der Waals surface area (Å²) >= 11 is 6.04. The Morgan fingerprint density at radius 2 is 1.58 bits per heavy atom. The van der Waals surface area contributed by atoms with Crippen LogP contribution in [0.3, 0.4) is 0 Å². The van der Waals surface area contributed by atoms with Crippen LogP contribution in [0.4, 0.5) is 5.69 Å². The maximum atomic E-state index is 13.3. The molecule has 0 bridgehead atoms. The molecule has 0 unspecified atom stereocenters. The van der Waals surface area contributed by atoms with Crippen molar-refractivity contribution in [2.24, 2.45) is 0 Å². The van der Waals surface area contributed by atoms with Gasteiger partial charge in [0.05, 0.1) is 17.6 Å². The Hall–Kier alpha value is -3.64. The zero-order valence-electron chi connectivity index (χ0n) is 18.5. The number of nitrogens with one attached hydrogen (secondary N) is 1. The Balaban J connectivity index is 1.61. The van der Waals surface area contributed by atoms with Crippen LogP contribution in [0.25, 0.3) is 21.8 Å². The molecule has 0 saturated carbocycles. The normalized spacial score (nSPS) is 11.0. The molecule has 0 fully saturated rings. The van der Waals surface area contributed by atoms with Gasteiger partial charge in [-0.25, -0.2) is 0 Å². The summed E-state index contributed by atoms with van der Waals surface area (Å²) in [6, 6.07) is 19.8. The minimum atomic E-state index is -0.301. The lowest BCUT2D eigenvalue weighted by Gasteiger charge is -2.23. The number of hydrogen-bond acceptors (Lipinski definition) is 3. The summed E-state index contributed by atoms with van der Waals surface area (Å²) in [6.07, 6.45) is 0. The quantitative estimate of drug-likeness (QED) is 0.426. The van der Waals surface area contributed by atoms with Gasteiger partial charge in [-0.15, -0.1) is 0 Å². The number of aromatic nitrogens is 1. The number of rotatable bonds is 6. The summed E-state index contributed by atoms with van der Waals surface area (Å²) in [7, 11) is 0. The van der Waals surface area contributed by atoms with Crippen molar-refractivity contribution in [3.05, 3.63) is 87.5 Å². The molecular weight excluding hydrogens is 438 g/mol. The van der Waals surface area contributed by atoms with E-state index in [2.05, 4.69) is 5.32 Å². The molecule has 0 aliphatic carbocycles. The Kier molecular flexibility index (Phi) is 6.47. The number of carbonyl (C=O) groups excluding carboxylic acids is 2. The Labute approximate surface area is 196 Å². The molecule has 33 heavy (non-hydrogen) atoms.